The van der Waals surface area contributed by atoms with Crippen molar-refractivity contribution in [1.29, 1.82) is 0 Å². The molecule has 3 rings (SSSR count). The third-order valence-corrected chi connectivity index (χ3v) is 4.67. The van der Waals surface area contributed by atoms with Crippen LogP contribution in [0.1, 0.15) is 31.2 Å². The molecule has 1 aromatic rings. The second-order valence-corrected chi connectivity index (χ2v) is 6.08. The van der Waals surface area contributed by atoms with Gasteiger partial charge in [-0.25, -0.2) is 0 Å². The molecular weight excluding hydrogens is 232 g/mol. The van der Waals surface area contributed by atoms with Crippen molar-refractivity contribution in [2.75, 3.05) is 32.7 Å². The van der Waals surface area contributed by atoms with Gasteiger partial charge in [0, 0.05) is 12.6 Å². The monoisotopic (exact) mass is 258 g/mol. The van der Waals surface area contributed by atoms with Gasteiger partial charge in [0.25, 0.3) is 0 Å². The van der Waals surface area contributed by atoms with Crippen LogP contribution in [0.3, 0.4) is 0 Å². The molecule has 0 radical (unpaired) electrons. The average Bonchev–Trinajstić information content (AvgIpc) is 2.79. The smallest absolute Gasteiger partial charge is 0.0223 e. The van der Waals surface area contributed by atoms with E-state index in [0.29, 0.717) is 0 Å². The van der Waals surface area contributed by atoms with Crippen molar-refractivity contribution < 1.29 is 0 Å². The fourth-order valence-corrected chi connectivity index (χ4v) is 3.64. The minimum Gasteiger partial charge on any atom is -0.302 e. The van der Waals surface area contributed by atoms with Gasteiger partial charge in [0.1, 0.15) is 0 Å². The zero-order chi connectivity index (χ0) is 12.9. The molecule has 1 atom stereocenters. The van der Waals surface area contributed by atoms with Crippen LogP contribution < -0.4 is 0 Å². The second kappa shape index (κ2) is 6.53. The van der Waals surface area contributed by atoms with Crippen LogP contribution in [0.2, 0.25) is 0 Å². The summed E-state index contributed by atoms with van der Waals surface area (Å²) >= 11 is 0. The van der Waals surface area contributed by atoms with Gasteiger partial charge in [-0.1, -0.05) is 30.3 Å². The van der Waals surface area contributed by atoms with Crippen molar-refractivity contribution in [3.63, 3.8) is 0 Å². The maximum Gasteiger partial charge on any atom is 0.0223 e. The fourth-order valence-electron chi connectivity index (χ4n) is 3.64. The molecule has 1 aromatic carbocycles. The van der Waals surface area contributed by atoms with E-state index in [-0.39, 0.29) is 0 Å². The zero-order valence-corrected chi connectivity index (χ0v) is 11.9. The lowest BCUT2D eigenvalue weighted by molar-refractivity contribution is 0.219. The van der Waals surface area contributed by atoms with E-state index in [1.54, 1.807) is 0 Å². The Balaban J connectivity index is 1.44. The van der Waals surface area contributed by atoms with Crippen LogP contribution in [0, 0.1) is 0 Å². The number of benzene rings is 1. The molecule has 0 amide bonds. The van der Waals surface area contributed by atoms with E-state index < -0.39 is 0 Å². The molecule has 2 saturated heterocycles. The highest BCUT2D eigenvalue weighted by Crippen LogP contribution is 2.21. The molecule has 2 aliphatic heterocycles. The summed E-state index contributed by atoms with van der Waals surface area (Å²) in [6.07, 6.45) is 6.74. The molecule has 2 heterocycles. The van der Waals surface area contributed by atoms with Crippen molar-refractivity contribution in [2.45, 2.75) is 38.1 Å². The van der Waals surface area contributed by atoms with Crippen LogP contribution in [0.15, 0.2) is 30.3 Å². The van der Waals surface area contributed by atoms with Crippen LogP contribution in [0.4, 0.5) is 0 Å². The molecule has 0 aliphatic carbocycles. The summed E-state index contributed by atoms with van der Waals surface area (Å²) in [6, 6.07) is 11.8. The van der Waals surface area contributed by atoms with Crippen LogP contribution in [-0.4, -0.2) is 48.6 Å². The van der Waals surface area contributed by atoms with Crippen LogP contribution in [-0.2, 0) is 6.42 Å². The van der Waals surface area contributed by atoms with E-state index in [4.69, 9.17) is 0 Å². The number of fused-ring (bicyclic) bond motifs is 1. The predicted molar refractivity (Wildman–Crippen MR) is 80.4 cm³/mol. The first-order valence-electron chi connectivity index (χ1n) is 7.92. The normalized spacial score (nSPS) is 25.2. The lowest BCUT2D eigenvalue weighted by Gasteiger charge is -2.25. The molecule has 19 heavy (non-hydrogen) atoms. The van der Waals surface area contributed by atoms with Crippen molar-refractivity contribution in [1.82, 2.24) is 9.80 Å². The van der Waals surface area contributed by atoms with Gasteiger partial charge >= 0.3 is 0 Å². The Morgan fingerprint density at radius 2 is 1.84 bits per heavy atom. The Hall–Kier alpha value is -0.860. The summed E-state index contributed by atoms with van der Waals surface area (Å²) in [5.74, 6) is 0. The van der Waals surface area contributed by atoms with Gasteiger partial charge in [-0.3, -0.25) is 4.90 Å². The number of nitrogens with zero attached hydrogens (tertiary/aromatic N) is 2. The Morgan fingerprint density at radius 1 is 1.00 bits per heavy atom. The third kappa shape index (κ3) is 3.58. The van der Waals surface area contributed by atoms with Crippen LogP contribution in [0.5, 0.6) is 0 Å². The first-order valence-corrected chi connectivity index (χ1v) is 7.92. The molecular formula is C17H26N2. The van der Waals surface area contributed by atoms with Crippen molar-refractivity contribution >= 4 is 0 Å². The molecule has 0 saturated carbocycles. The van der Waals surface area contributed by atoms with E-state index in [1.165, 1.54) is 70.4 Å². The van der Waals surface area contributed by atoms with Crippen molar-refractivity contribution in [3.8, 4) is 0 Å². The fraction of sp³-hybridized carbons (Fsp3) is 0.647. The molecule has 2 nitrogen and oxygen atoms in total. The van der Waals surface area contributed by atoms with Gasteiger partial charge in [-0.05, 0) is 63.8 Å². The lowest BCUT2D eigenvalue weighted by atomic mass is 10.1. The van der Waals surface area contributed by atoms with E-state index >= 15 is 0 Å². The highest BCUT2D eigenvalue weighted by Gasteiger charge is 2.28. The number of hydrogen-bond acceptors (Lipinski definition) is 2. The van der Waals surface area contributed by atoms with Gasteiger partial charge in [-0.2, -0.15) is 0 Å². The Bertz CT molecular complexity index is 376. The van der Waals surface area contributed by atoms with Gasteiger partial charge < -0.3 is 4.90 Å². The molecule has 2 heteroatoms. The average molecular weight is 258 g/mol. The molecule has 0 spiro atoms. The van der Waals surface area contributed by atoms with E-state index in [2.05, 4.69) is 40.1 Å². The predicted octanol–water partition coefficient (Wildman–Crippen LogP) is 2.79. The second-order valence-electron chi connectivity index (χ2n) is 6.08. The molecule has 2 aliphatic rings. The molecule has 0 N–H and O–H groups in total. The van der Waals surface area contributed by atoms with Gasteiger partial charge in [-0.15, -0.1) is 0 Å². The minimum absolute atomic E-state index is 0.860. The molecule has 0 aromatic heterocycles. The highest BCUT2D eigenvalue weighted by molar-refractivity contribution is 5.14. The summed E-state index contributed by atoms with van der Waals surface area (Å²) < 4.78 is 0. The summed E-state index contributed by atoms with van der Waals surface area (Å²) in [5.41, 5.74) is 1.49. The van der Waals surface area contributed by atoms with E-state index in [9.17, 15) is 0 Å². The van der Waals surface area contributed by atoms with E-state index in [1.807, 2.05) is 0 Å². The largest absolute Gasteiger partial charge is 0.302 e. The number of rotatable bonds is 4. The standard InChI is InChI=1S/C17H26N2/c1-2-7-16(8-3-1)9-4-11-18-12-6-14-19-13-5-10-17(19)15-18/h1-3,7-8,17H,4-6,9-15H2/t17-/m0/s1. The molecule has 0 unspecified atom stereocenters. The summed E-state index contributed by atoms with van der Waals surface area (Å²) in [6.45, 7) is 6.58. The van der Waals surface area contributed by atoms with E-state index in [0.717, 1.165) is 6.04 Å². The highest BCUT2D eigenvalue weighted by atomic mass is 15.3. The van der Waals surface area contributed by atoms with Crippen LogP contribution >= 0.6 is 0 Å². The molecule has 0 bridgehead atoms. The van der Waals surface area contributed by atoms with Gasteiger partial charge in [0.15, 0.2) is 0 Å². The zero-order valence-electron chi connectivity index (χ0n) is 11.9. The Morgan fingerprint density at radius 3 is 2.74 bits per heavy atom. The molecule has 2 fully saturated rings. The quantitative estimate of drug-likeness (QED) is 0.819. The van der Waals surface area contributed by atoms with Crippen molar-refractivity contribution in [2.24, 2.45) is 0 Å². The minimum atomic E-state index is 0.860. The first kappa shape index (κ1) is 13.1. The lowest BCUT2D eigenvalue weighted by Crippen LogP contribution is -2.37. The topological polar surface area (TPSA) is 6.48 Å². The summed E-state index contributed by atoms with van der Waals surface area (Å²) in [4.78, 5) is 5.43. The van der Waals surface area contributed by atoms with Crippen LogP contribution in [0.25, 0.3) is 0 Å². The maximum absolute atomic E-state index is 2.72. The van der Waals surface area contributed by atoms with Gasteiger partial charge in [0.05, 0.1) is 0 Å². The Labute approximate surface area is 117 Å². The Kier molecular flexibility index (Phi) is 4.52. The third-order valence-electron chi connectivity index (χ3n) is 4.67. The number of aryl methyl sites for hydroxylation is 1. The number of hydrogen-bond donors (Lipinski definition) is 0. The van der Waals surface area contributed by atoms with Gasteiger partial charge in [0.2, 0.25) is 0 Å². The van der Waals surface area contributed by atoms with Crippen molar-refractivity contribution in [3.05, 3.63) is 35.9 Å². The summed E-state index contributed by atoms with van der Waals surface area (Å²) in [5, 5.41) is 0. The summed E-state index contributed by atoms with van der Waals surface area (Å²) in [7, 11) is 0. The first-order chi connectivity index (χ1) is 9.42. The SMILES string of the molecule is c1ccc(CCCN2CCCN3CCC[C@H]3C2)cc1. The maximum atomic E-state index is 2.72. The molecule has 104 valence electrons.